The lowest BCUT2D eigenvalue weighted by Crippen LogP contribution is -2.21. The summed E-state index contributed by atoms with van der Waals surface area (Å²) in [5.41, 5.74) is 2.17. The third-order valence-corrected chi connectivity index (χ3v) is 4.21. The van der Waals surface area contributed by atoms with Crippen LogP contribution in [0.2, 0.25) is 10.0 Å². The first-order valence-corrected chi connectivity index (χ1v) is 9.01. The molecule has 2 rings (SSSR count). The highest BCUT2D eigenvalue weighted by Crippen LogP contribution is 2.22. The van der Waals surface area contributed by atoms with Crippen LogP contribution >= 0.6 is 48.0 Å². The van der Waals surface area contributed by atoms with Crippen LogP contribution in [0.15, 0.2) is 42.5 Å². The Morgan fingerprint density at radius 1 is 0.923 bits per heavy atom. The Morgan fingerprint density at radius 2 is 1.62 bits per heavy atom. The summed E-state index contributed by atoms with van der Waals surface area (Å²) in [6, 6.07) is 13.6. The molecule has 26 heavy (non-hydrogen) atoms. The Morgan fingerprint density at radius 3 is 2.27 bits per heavy atom. The van der Waals surface area contributed by atoms with Crippen LogP contribution in [0.4, 0.5) is 0 Å². The second-order valence-corrected chi connectivity index (χ2v) is 6.40. The molecule has 0 aliphatic rings. The molecule has 0 atom stereocenters. The van der Waals surface area contributed by atoms with Crippen molar-refractivity contribution < 1.29 is 4.74 Å². The van der Waals surface area contributed by atoms with E-state index in [0.717, 1.165) is 43.9 Å². The third kappa shape index (κ3) is 9.31. The number of rotatable bonds is 10. The lowest BCUT2D eigenvalue weighted by Gasteiger charge is -2.09. The Bertz CT molecular complexity index is 623. The number of hydrogen-bond donors (Lipinski definition) is 2. The molecule has 0 aliphatic carbocycles. The van der Waals surface area contributed by atoms with Gasteiger partial charge in [-0.2, -0.15) is 0 Å². The number of hydrogen-bond acceptors (Lipinski definition) is 3. The molecule has 0 unspecified atom stereocenters. The molecule has 0 bridgehead atoms. The summed E-state index contributed by atoms with van der Waals surface area (Å²) >= 11 is 12.0. The second-order valence-electron chi connectivity index (χ2n) is 5.55. The molecule has 0 heterocycles. The summed E-state index contributed by atoms with van der Waals surface area (Å²) in [7, 11) is 0. The average Bonchev–Trinajstić information content (AvgIpc) is 2.58. The quantitative estimate of drug-likeness (QED) is 0.479. The fourth-order valence-corrected chi connectivity index (χ4v) is 2.71. The van der Waals surface area contributed by atoms with Gasteiger partial charge in [0, 0.05) is 22.2 Å². The zero-order valence-corrected chi connectivity index (χ0v) is 17.9. The maximum absolute atomic E-state index is 6.15. The highest BCUT2D eigenvalue weighted by Gasteiger charge is 2.03. The minimum absolute atomic E-state index is 0. The maximum atomic E-state index is 6.15. The number of halogens is 4. The van der Waals surface area contributed by atoms with Crippen molar-refractivity contribution in [1.29, 1.82) is 0 Å². The Balaban J connectivity index is 0.00000312. The summed E-state index contributed by atoms with van der Waals surface area (Å²) in [5, 5.41) is 8.01. The maximum Gasteiger partial charge on any atom is 0.119 e. The van der Waals surface area contributed by atoms with E-state index in [-0.39, 0.29) is 24.8 Å². The third-order valence-electron chi connectivity index (χ3n) is 3.62. The van der Waals surface area contributed by atoms with E-state index in [1.165, 1.54) is 5.56 Å². The summed E-state index contributed by atoms with van der Waals surface area (Å²) in [5.74, 6) is 0.830. The molecular formula is C19H26Cl4N2O. The molecule has 0 amide bonds. The van der Waals surface area contributed by atoms with Crippen LogP contribution in [0.3, 0.4) is 0 Å². The standard InChI is InChI=1S/C19H24Cl2N2O.2ClH/c1-2-22-10-3-11-23-13-15-4-8-18(9-5-15)24-14-16-6-7-17(20)12-19(16)21;;/h4-9,12,22-23H,2-3,10-11,13-14H2,1H3;2*1H. The van der Waals surface area contributed by atoms with Crippen molar-refractivity contribution in [3.63, 3.8) is 0 Å². The summed E-state index contributed by atoms with van der Waals surface area (Å²) in [6.45, 7) is 6.53. The normalized spacial score (nSPS) is 9.96. The molecule has 146 valence electrons. The van der Waals surface area contributed by atoms with Gasteiger partial charge in [0.15, 0.2) is 0 Å². The van der Waals surface area contributed by atoms with Crippen LogP contribution in [0.5, 0.6) is 5.75 Å². The van der Waals surface area contributed by atoms with Crippen molar-refractivity contribution in [3.05, 3.63) is 63.6 Å². The Kier molecular flexibility index (Phi) is 14.0. The minimum atomic E-state index is 0. The van der Waals surface area contributed by atoms with Gasteiger partial charge in [-0.3, -0.25) is 0 Å². The molecule has 2 aromatic rings. The van der Waals surface area contributed by atoms with E-state index in [9.17, 15) is 0 Å². The van der Waals surface area contributed by atoms with Crippen molar-refractivity contribution in [3.8, 4) is 5.75 Å². The molecule has 0 saturated carbocycles. The van der Waals surface area contributed by atoms with Crippen molar-refractivity contribution in [2.24, 2.45) is 0 Å². The van der Waals surface area contributed by atoms with Crippen LogP contribution < -0.4 is 15.4 Å². The van der Waals surface area contributed by atoms with E-state index in [0.29, 0.717) is 16.7 Å². The molecule has 2 aromatic carbocycles. The molecule has 0 aromatic heterocycles. The SMILES string of the molecule is CCNCCCNCc1ccc(OCc2ccc(Cl)cc2Cl)cc1.Cl.Cl. The van der Waals surface area contributed by atoms with Gasteiger partial charge in [-0.05, 0) is 55.9 Å². The van der Waals surface area contributed by atoms with Gasteiger partial charge >= 0.3 is 0 Å². The van der Waals surface area contributed by atoms with Crippen molar-refractivity contribution in [2.75, 3.05) is 19.6 Å². The fraction of sp³-hybridized carbons (Fsp3) is 0.368. The van der Waals surface area contributed by atoms with Gasteiger partial charge in [0.1, 0.15) is 12.4 Å². The largest absolute Gasteiger partial charge is 0.489 e. The lowest BCUT2D eigenvalue weighted by atomic mass is 10.2. The van der Waals surface area contributed by atoms with Crippen molar-refractivity contribution in [1.82, 2.24) is 10.6 Å². The first kappa shape index (κ1) is 25.3. The molecule has 3 nitrogen and oxygen atoms in total. The van der Waals surface area contributed by atoms with E-state index < -0.39 is 0 Å². The van der Waals surface area contributed by atoms with Gasteiger partial charge in [0.05, 0.1) is 0 Å². The molecule has 0 aliphatic heterocycles. The Hall–Kier alpha value is -0.680. The summed E-state index contributed by atoms with van der Waals surface area (Å²) < 4.78 is 5.78. The van der Waals surface area contributed by atoms with Crippen LogP contribution in [0.25, 0.3) is 0 Å². The van der Waals surface area contributed by atoms with E-state index in [2.05, 4.69) is 29.7 Å². The highest BCUT2D eigenvalue weighted by molar-refractivity contribution is 6.35. The zero-order valence-electron chi connectivity index (χ0n) is 14.8. The lowest BCUT2D eigenvalue weighted by molar-refractivity contribution is 0.306. The molecule has 7 heteroatoms. The van der Waals surface area contributed by atoms with Crippen LogP contribution in [-0.2, 0) is 13.2 Å². The number of benzene rings is 2. The first-order valence-electron chi connectivity index (χ1n) is 8.26. The molecular weight excluding hydrogens is 414 g/mol. The molecule has 0 radical (unpaired) electrons. The molecule has 2 N–H and O–H groups in total. The van der Waals surface area contributed by atoms with E-state index in [1.807, 2.05) is 24.3 Å². The van der Waals surface area contributed by atoms with Crippen molar-refractivity contribution >= 4 is 48.0 Å². The van der Waals surface area contributed by atoms with Crippen LogP contribution in [0.1, 0.15) is 24.5 Å². The predicted octanol–water partition coefficient (Wildman–Crippen LogP) is 5.51. The second kappa shape index (κ2) is 14.4. The minimum Gasteiger partial charge on any atom is -0.489 e. The van der Waals surface area contributed by atoms with Gasteiger partial charge in [-0.1, -0.05) is 48.3 Å². The predicted molar refractivity (Wildman–Crippen MR) is 117 cm³/mol. The molecule has 0 saturated heterocycles. The van der Waals surface area contributed by atoms with Crippen LogP contribution in [-0.4, -0.2) is 19.6 Å². The van der Waals surface area contributed by atoms with Gasteiger partial charge in [0.25, 0.3) is 0 Å². The van der Waals surface area contributed by atoms with E-state index in [4.69, 9.17) is 27.9 Å². The molecule has 0 spiro atoms. The topological polar surface area (TPSA) is 33.3 Å². The first-order chi connectivity index (χ1) is 11.7. The smallest absolute Gasteiger partial charge is 0.119 e. The van der Waals surface area contributed by atoms with Crippen molar-refractivity contribution in [2.45, 2.75) is 26.5 Å². The number of ether oxygens (including phenoxy) is 1. The monoisotopic (exact) mass is 438 g/mol. The molecule has 0 fully saturated rings. The fourth-order valence-electron chi connectivity index (χ4n) is 2.25. The zero-order chi connectivity index (χ0) is 17.2. The average molecular weight is 440 g/mol. The van der Waals surface area contributed by atoms with Gasteiger partial charge in [-0.15, -0.1) is 24.8 Å². The van der Waals surface area contributed by atoms with Gasteiger partial charge in [-0.25, -0.2) is 0 Å². The van der Waals surface area contributed by atoms with Gasteiger partial charge in [0.2, 0.25) is 0 Å². The van der Waals surface area contributed by atoms with Gasteiger partial charge < -0.3 is 15.4 Å². The Labute approximate surface area is 178 Å². The van der Waals surface area contributed by atoms with E-state index in [1.54, 1.807) is 6.07 Å². The van der Waals surface area contributed by atoms with E-state index >= 15 is 0 Å². The summed E-state index contributed by atoms with van der Waals surface area (Å²) in [6.07, 6.45) is 1.14. The highest BCUT2D eigenvalue weighted by atomic mass is 35.5. The number of nitrogens with one attached hydrogen (secondary N) is 2. The van der Waals surface area contributed by atoms with Crippen LogP contribution in [0, 0.1) is 0 Å². The summed E-state index contributed by atoms with van der Waals surface area (Å²) in [4.78, 5) is 0.